The van der Waals surface area contributed by atoms with Gasteiger partial charge in [-0.25, -0.2) is 0 Å². The summed E-state index contributed by atoms with van der Waals surface area (Å²) in [6, 6.07) is 19.2. The number of methoxy groups -OCH3 is 1. The maximum Gasteiger partial charge on any atom is 0.261 e. The van der Waals surface area contributed by atoms with Crippen LogP contribution in [0.4, 0.5) is 0 Å². The van der Waals surface area contributed by atoms with Crippen molar-refractivity contribution in [2.45, 2.75) is 19.6 Å². The highest BCUT2D eigenvalue weighted by molar-refractivity contribution is 7.20. The van der Waals surface area contributed by atoms with Gasteiger partial charge < -0.3 is 15.2 Å². The van der Waals surface area contributed by atoms with E-state index in [0.717, 1.165) is 21.5 Å². The van der Waals surface area contributed by atoms with Crippen LogP contribution >= 0.6 is 11.3 Å². The molecule has 7 heteroatoms. The van der Waals surface area contributed by atoms with Crippen molar-refractivity contribution >= 4 is 27.5 Å². The van der Waals surface area contributed by atoms with E-state index in [1.165, 1.54) is 11.3 Å². The Kier molecular flexibility index (Phi) is 5.83. The monoisotopic (exact) mass is 421 g/mol. The predicted octanol–water partition coefficient (Wildman–Crippen LogP) is 3.93. The molecule has 30 heavy (non-hydrogen) atoms. The Morgan fingerprint density at radius 2 is 1.93 bits per heavy atom. The number of amides is 1. The minimum absolute atomic E-state index is 0.0998. The number of carbonyl (C=O) groups is 1. The van der Waals surface area contributed by atoms with E-state index in [1.807, 2.05) is 48.0 Å². The standard InChI is InChI=1S/C23H23N3O3S/c1-15-18-12-21(30-23(18)26(25-15)14-16-8-4-3-5-9-16)22(28)24-13-19(27)17-10-6-7-11-20(17)29-2/h3-12,19,27H,13-14H2,1-2H3,(H,24,28). The van der Waals surface area contributed by atoms with E-state index < -0.39 is 6.10 Å². The molecule has 0 aliphatic rings. The van der Waals surface area contributed by atoms with Crippen LogP contribution in [-0.4, -0.2) is 34.4 Å². The largest absolute Gasteiger partial charge is 0.496 e. The number of hydrogen-bond acceptors (Lipinski definition) is 5. The van der Waals surface area contributed by atoms with Gasteiger partial charge in [0.15, 0.2) is 0 Å². The number of aliphatic hydroxyl groups is 1. The van der Waals surface area contributed by atoms with Gasteiger partial charge in [-0.1, -0.05) is 48.5 Å². The van der Waals surface area contributed by atoms with Crippen molar-refractivity contribution in [2.24, 2.45) is 0 Å². The van der Waals surface area contributed by atoms with Crippen molar-refractivity contribution in [3.8, 4) is 5.75 Å². The highest BCUT2D eigenvalue weighted by Gasteiger charge is 2.18. The third-order valence-corrected chi connectivity index (χ3v) is 6.11. The molecule has 154 valence electrons. The summed E-state index contributed by atoms with van der Waals surface area (Å²) in [5.41, 5.74) is 2.69. The van der Waals surface area contributed by atoms with Crippen molar-refractivity contribution < 1.29 is 14.6 Å². The maximum absolute atomic E-state index is 12.7. The van der Waals surface area contributed by atoms with Crippen LogP contribution < -0.4 is 10.1 Å². The molecule has 1 amide bonds. The van der Waals surface area contributed by atoms with Crippen LogP contribution in [0, 0.1) is 6.92 Å². The Balaban J connectivity index is 1.49. The van der Waals surface area contributed by atoms with Crippen molar-refractivity contribution in [1.29, 1.82) is 0 Å². The van der Waals surface area contributed by atoms with Gasteiger partial charge in [0, 0.05) is 17.5 Å². The maximum atomic E-state index is 12.7. The molecule has 0 spiro atoms. The number of aromatic nitrogens is 2. The number of para-hydroxylation sites is 1. The molecular formula is C23H23N3O3S. The number of ether oxygens (including phenoxy) is 1. The smallest absolute Gasteiger partial charge is 0.261 e. The zero-order chi connectivity index (χ0) is 21.1. The number of carbonyl (C=O) groups excluding carboxylic acids is 1. The van der Waals surface area contributed by atoms with Crippen LogP contribution in [0.15, 0.2) is 60.7 Å². The third-order valence-electron chi connectivity index (χ3n) is 4.96. The Morgan fingerprint density at radius 3 is 2.70 bits per heavy atom. The van der Waals surface area contributed by atoms with Gasteiger partial charge in [-0.2, -0.15) is 5.10 Å². The van der Waals surface area contributed by atoms with Gasteiger partial charge in [-0.15, -0.1) is 11.3 Å². The van der Waals surface area contributed by atoms with Crippen LogP contribution in [0.5, 0.6) is 5.75 Å². The van der Waals surface area contributed by atoms with E-state index >= 15 is 0 Å². The molecule has 0 saturated carbocycles. The van der Waals surface area contributed by atoms with E-state index in [0.29, 0.717) is 22.7 Å². The number of fused-ring (bicyclic) bond motifs is 1. The second kappa shape index (κ2) is 8.69. The minimum Gasteiger partial charge on any atom is -0.496 e. The summed E-state index contributed by atoms with van der Waals surface area (Å²) in [7, 11) is 1.56. The first-order chi connectivity index (χ1) is 14.6. The normalized spacial score (nSPS) is 12.1. The molecule has 2 N–H and O–H groups in total. The lowest BCUT2D eigenvalue weighted by Crippen LogP contribution is -2.27. The molecule has 0 aliphatic heterocycles. The first-order valence-corrected chi connectivity index (χ1v) is 10.5. The SMILES string of the molecule is COc1ccccc1C(O)CNC(=O)c1cc2c(C)nn(Cc3ccccc3)c2s1. The molecule has 4 rings (SSSR count). The fourth-order valence-electron chi connectivity index (χ4n) is 3.42. The predicted molar refractivity (Wildman–Crippen MR) is 118 cm³/mol. The zero-order valence-electron chi connectivity index (χ0n) is 16.8. The second-order valence-electron chi connectivity index (χ2n) is 7.03. The fourth-order valence-corrected chi connectivity index (χ4v) is 4.49. The summed E-state index contributed by atoms with van der Waals surface area (Å²) in [5.74, 6) is 0.383. The molecule has 6 nitrogen and oxygen atoms in total. The Bertz CT molecular complexity index is 1170. The van der Waals surface area contributed by atoms with E-state index in [9.17, 15) is 9.90 Å². The average Bonchev–Trinajstić information content (AvgIpc) is 3.34. The quantitative estimate of drug-likeness (QED) is 0.474. The summed E-state index contributed by atoms with van der Waals surface area (Å²) in [6.45, 7) is 2.70. The lowest BCUT2D eigenvalue weighted by molar-refractivity contribution is 0.0918. The average molecular weight is 422 g/mol. The second-order valence-corrected chi connectivity index (χ2v) is 8.06. The molecule has 4 aromatic rings. The topological polar surface area (TPSA) is 76.4 Å². The van der Waals surface area contributed by atoms with E-state index in [-0.39, 0.29) is 12.5 Å². The summed E-state index contributed by atoms with van der Waals surface area (Å²) < 4.78 is 7.22. The number of aryl methyl sites for hydroxylation is 1. The van der Waals surface area contributed by atoms with Gasteiger partial charge in [0.1, 0.15) is 10.6 Å². The highest BCUT2D eigenvalue weighted by Crippen LogP contribution is 2.29. The van der Waals surface area contributed by atoms with E-state index in [2.05, 4.69) is 22.5 Å². The summed E-state index contributed by atoms with van der Waals surface area (Å²) in [4.78, 5) is 14.3. The molecule has 2 aromatic heterocycles. The molecule has 1 atom stereocenters. The van der Waals surface area contributed by atoms with Crippen LogP contribution in [0.25, 0.3) is 10.2 Å². The van der Waals surface area contributed by atoms with Gasteiger partial charge >= 0.3 is 0 Å². The summed E-state index contributed by atoms with van der Waals surface area (Å²) in [5, 5.41) is 18.9. The number of hydrogen-bond donors (Lipinski definition) is 2. The van der Waals surface area contributed by atoms with Gasteiger partial charge in [0.25, 0.3) is 5.91 Å². The minimum atomic E-state index is -0.852. The number of thiophene rings is 1. The third kappa shape index (κ3) is 4.08. The van der Waals surface area contributed by atoms with E-state index in [1.54, 1.807) is 19.2 Å². The molecule has 0 fully saturated rings. The number of nitrogens with one attached hydrogen (secondary N) is 1. The van der Waals surface area contributed by atoms with Gasteiger partial charge in [-0.05, 0) is 24.6 Å². The number of rotatable bonds is 7. The van der Waals surface area contributed by atoms with Gasteiger partial charge in [-0.3, -0.25) is 9.48 Å². The first kappa shape index (κ1) is 20.1. The molecule has 0 bridgehead atoms. The highest BCUT2D eigenvalue weighted by atomic mass is 32.1. The zero-order valence-corrected chi connectivity index (χ0v) is 17.6. The molecule has 1 unspecified atom stereocenters. The molecule has 0 radical (unpaired) electrons. The molecule has 0 aliphatic carbocycles. The van der Waals surface area contributed by atoms with Gasteiger partial charge in [0.05, 0.1) is 30.3 Å². The van der Waals surface area contributed by atoms with E-state index in [4.69, 9.17) is 4.74 Å². The Labute approximate surface area is 178 Å². The van der Waals surface area contributed by atoms with Crippen LogP contribution in [-0.2, 0) is 6.54 Å². The van der Waals surface area contributed by atoms with Gasteiger partial charge in [0.2, 0.25) is 0 Å². The molecule has 2 aromatic carbocycles. The number of nitrogens with zero attached hydrogens (tertiary/aromatic N) is 2. The van der Waals surface area contributed by atoms with Crippen LogP contribution in [0.2, 0.25) is 0 Å². The summed E-state index contributed by atoms with van der Waals surface area (Å²) >= 11 is 1.41. The molecular weight excluding hydrogens is 398 g/mol. The van der Waals surface area contributed by atoms with Crippen LogP contribution in [0.3, 0.4) is 0 Å². The van der Waals surface area contributed by atoms with Crippen molar-refractivity contribution in [1.82, 2.24) is 15.1 Å². The first-order valence-electron chi connectivity index (χ1n) is 9.67. The molecule has 0 saturated heterocycles. The van der Waals surface area contributed by atoms with Crippen molar-refractivity contribution in [3.05, 3.63) is 82.4 Å². The molecule has 2 heterocycles. The van der Waals surface area contributed by atoms with Crippen molar-refractivity contribution in [2.75, 3.05) is 13.7 Å². The lowest BCUT2D eigenvalue weighted by Gasteiger charge is -2.15. The lowest BCUT2D eigenvalue weighted by atomic mass is 10.1. The Hall–Kier alpha value is -3.16. The summed E-state index contributed by atoms with van der Waals surface area (Å²) in [6.07, 6.45) is -0.852. The van der Waals surface area contributed by atoms with Crippen molar-refractivity contribution in [3.63, 3.8) is 0 Å². The Morgan fingerprint density at radius 1 is 1.20 bits per heavy atom. The van der Waals surface area contributed by atoms with Crippen LogP contribution in [0.1, 0.15) is 32.6 Å². The number of aliphatic hydroxyl groups excluding tert-OH is 1. The fraction of sp³-hybridized carbons (Fsp3) is 0.217. The number of benzene rings is 2.